The molecule has 2 aromatic rings. The molecular weight excluding hydrogens is 298 g/mol. The number of likely N-dealkylation sites (tertiary alicyclic amines) is 1. The van der Waals surface area contributed by atoms with Crippen LogP contribution in [0.5, 0.6) is 0 Å². The van der Waals surface area contributed by atoms with Gasteiger partial charge in [0.05, 0.1) is 11.5 Å². The number of piperidine rings is 1. The number of benzene rings is 2. The lowest BCUT2D eigenvalue weighted by molar-refractivity contribution is -0.138. The molecule has 3 heteroatoms. The van der Waals surface area contributed by atoms with Gasteiger partial charge in [0.25, 0.3) is 0 Å². The van der Waals surface area contributed by atoms with Gasteiger partial charge in [0.2, 0.25) is 5.91 Å². The summed E-state index contributed by atoms with van der Waals surface area (Å²) in [5, 5.41) is 9.63. The first-order chi connectivity index (χ1) is 11.5. The van der Waals surface area contributed by atoms with E-state index >= 15 is 0 Å². The Morgan fingerprint density at radius 1 is 0.958 bits per heavy atom. The van der Waals surface area contributed by atoms with Crippen molar-refractivity contribution in [2.75, 3.05) is 13.1 Å². The molecule has 1 aliphatic heterocycles. The molecule has 126 valence electrons. The molecule has 1 N–H and O–H groups in total. The fraction of sp³-hybridized carbons (Fsp3) is 0.381. The van der Waals surface area contributed by atoms with E-state index in [2.05, 4.69) is 36.4 Å². The summed E-state index contributed by atoms with van der Waals surface area (Å²) in [4.78, 5) is 14.8. The topological polar surface area (TPSA) is 40.5 Å². The van der Waals surface area contributed by atoms with Crippen LogP contribution in [0.3, 0.4) is 0 Å². The lowest BCUT2D eigenvalue weighted by atomic mass is 9.82. The van der Waals surface area contributed by atoms with Gasteiger partial charge < -0.3 is 10.0 Å². The highest BCUT2D eigenvalue weighted by Crippen LogP contribution is 2.29. The molecular formula is C21H25NO2. The number of amides is 1. The Bertz CT molecular complexity index is 684. The van der Waals surface area contributed by atoms with E-state index in [9.17, 15) is 9.90 Å². The van der Waals surface area contributed by atoms with Crippen molar-refractivity contribution in [3.05, 3.63) is 60.2 Å². The predicted octanol–water partition coefficient (Wildman–Crippen LogP) is 3.61. The van der Waals surface area contributed by atoms with Gasteiger partial charge in [0.1, 0.15) is 0 Å². The maximum absolute atomic E-state index is 12.9. The molecule has 0 atom stereocenters. The third kappa shape index (κ3) is 3.36. The molecule has 0 aliphatic carbocycles. The Morgan fingerprint density at radius 3 is 2.08 bits per heavy atom. The minimum absolute atomic E-state index is 0.141. The number of aliphatic hydroxyl groups excluding tert-OH is 1. The molecule has 1 fully saturated rings. The molecule has 2 aromatic carbocycles. The van der Waals surface area contributed by atoms with E-state index in [1.807, 2.05) is 36.9 Å². The van der Waals surface area contributed by atoms with Gasteiger partial charge in [-0.1, -0.05) is 54.6 Å². The highest BCUT2D eigenvalue weighted by Gasteiger charge is 2.35. The Kier molecular flexibility index (Phi) is 4.72. The summed E-state index contributed by atoms with van der Waals surface area (Å²) < 4.78 is 0. The molecule has 1 heterocycles. The van der Waals surface area contributed by atoms with Gasteiger partial charge in [-0.3, -0.25) is 4.79 Å². The Balaban J connectivity index is 1.78. The second kappa shape index (κ2) is 6.78. The van der Waals surface area contributed by atoms with Gasteiger partial charge in [-0.2, -0.15) is 0 Å². The van der Waals surface area contributed by atoms with E-state index in [4.69, 9.17) is 0 Å². The summed E-state index contributed by atoms with van der Waals surface area (Å²) in [7, 11) is 0. The zero-order valence-electron chi connectivity index (χ0n) is 14.4. The van der Waals surface area contributed by atoms with Crippen molar-refractivity contribution < 1.29 is 9.90 Å². The fourth-order valence-electron chi connectivity index (χ4n) is 3.30. The normalized spacial score (nSPS) is 16.2. The van der Waals surface area contributed by atoms with Crippen LogP contribution in [0.4, 0.5) is 0 Å². The largest absolute Gasteiger partial charge is 0.393 e. The summed E-state index contributed by atoms with van der Waals surface area (Å²) in [5.41, 5.74) is 2.80. The highest BCUT2D eigenvalue weighted by molar-refractivity contribution is 5.87. The molecule has 3 rings (SSSR count). The van der Waals surface area contributed by atoms with Crippen molar-refractivity contribution in [1.29, 1.82) is 0 Å². The predicted molar refractivity (Wildman–Crippen MR) is 96.7 cm³/mol. The van der Waals surface area contributed by atoms with Gasteiger partial charge in [-0.05, 0) is 43.4 Å². The van der Waals surface area contributed by atoms with E-state index in [1.54, 1.807) is 0 Å². The number of hydrogen-bond acceptors (Lipinski definition) is 2. The van der Waals surface area contributed by atoms with Gasteiger partial charge in [-0.15, -0.1) is 0 Å². The molecule has 3 nitrogen and oxygen atoms in total. The first kappa shape index (κ1) is 16.7. The van der Waals surface area contributed by atoms with E-state index in [0.29, 0.717) is 25.9 Å². The number of hydrogen-bond donors (Lipinski definition) is 1. The summed E-state index contributed by atoms with van der Waals surface area (Å²) in [6, 6.07) is 18.5. The number of carbonyl (C=O) groups is 1. The van der Waals surface area contributed by atoms with Crippen LogP contribution in [-0.2, 0) is 10.2 Å². The number of nitrogens with zero attached hydrogens (tertiary/aromatic N) is 1. The zero-order chi connectivity index (χ0) is 17.2. The molecule has 0 aromatic heterocycles. The Labute approximate surface area is 143 Å². The van der Waals surface area contributed by atoms with Gasteiger partial charge >= 0.3 is 0 Å². The van der Waals surface area contributed by atoms with Crippen molar-refractivity contribution in [1.82, 2.24) is 4.90 Å². The van der Waals surface area contributed by atoms with Crippen LogP contribution in [0, 0.1) is 0 Å². The standard InChI is InChI=1S/C21H25NO2/c1-21(2,20(24)22-14-12-19(23)13-15-22)18-10-8-17(9-11-18)16-6-4-3-5-7-16/h3-11,19,23H,12-15H2,1-2H3. The Hall–Kier alpha value is -2.13. The molecule has 1 amide bonds. The van der Waals surface area contributed by atoms with E-state index in [0.717, 1.165) is 11.1 Å². The smallest absolute Gasteiger partial charge is 0.232 e. The lowest BCUT2D eigenvalue weighted by Gasteiger charge is -2.36. The van der Waals surface area contributed by atoms with Crippen LogP contribution in [0.2, 0.25) is 0 Å². The Morgan fingerprint density at radius 2 is 1.50 bits per heavy atom. The van der Waals surface area contributed by atoms with Crippen molar-refractivity contribution in [3.8, 4) is 11.1 Å². The third-order valence-electron chi connectivity index (χ3n) is 5.00. The summed E-state index contributed by atoms with van der Waals surface area (Å²) in [5.74, 6) is 0.141. The van der Waals surface area contributed by atoms with Crippen molar-refractivity contribution in [2.45, 2.75) is 38.2 Å². The van der Waals surface area contributed by atoms with Crippen LogP contribution in [0.1, 0.15) is 32.3 Å². The van der Waals surface area contributed by atoms with Crippen LogP contribution in [0.15, 0.2) is 54.6 Å². The average Bonchev–Trinajstić information content (AvgIpc) is 2.62. The summed E-state index contributed by atoms with van der Waals surface area (Å²) in [6.45, 7) is 5.26. The van der Waals surface area contributed by atoms with E-state index in [-0.39, 0.29) is 12.0 Å². The molecule has 1 saturated heterocycles. The van der Waals surface area contributed by atoms with Gasteiger partial charge in [0.15, 0.2) is 0 Å². The van der Waals surface area contributed by atoms with Gasteiger partial charge in [-0.25, -0.2) is 0 Å². The lowest BCUT2D eigenvalue weighted by Crippen LogP contribution is -2.47. The molecule has 24 heavy (non-hydrogen) atoms. The first-order valence-electron chi connectivity index (χ1n) is 8.62. The fourth-order valence-corrected chi connectivity index (χ4v) is 3.30. The third-order valence-corrected chi connectivity index (χ3v) is 5.00. The van der Waals surface area contributed by atoms with Crippen LogP contribution >= 0.6 is 0 Å². The van der Waals surface area contributed by atoms with E-state index in [1.165, 1.54) is 5.56 Å². The molecule has 0 spiro atoms. The van der Waals surface area contributed by atoms with Crippen molar-refractivity contribution in [3.63, 3.8) is 0 Å². The van der Waals surface area contributed by atoms with Crippen molar-refractivity contribution >= 4 is 5.91 Å². The van der Waals surface area contributed by atoms with E-state index < -0.39 is 5.41 Å². The molecule has 1 aliphatic rings. The van der Waals surface area contributed by atoms with Gasteiger partial charge in [0, 0.05) is 13.1 Å². The number of carbonyl (C=O) groups excluding carboxylic acids is 1. The highest BCUT2D eigenvalue weighted by atomic mass is 16.3. The van der Waals surface area contributed by atoms with Crippen LogP contribution < -0.4 is 0 Å². The molecule has 0 radical (unpaired) electrons. The average molecular weight is 323 g/mol. The maximum atomic E-state index is 12.9. The molecule has 0 saturated carbocycles. The SMILES string of the molecule is CC(C)(C(=O)N1CCC(O)CC1)c1ccc(-c2ccccc2)cc1. The van der Waals surface area contributed by atoms with Crippen LogP contribution in [-0.4, -0.2) is 35.1 Å². The minimum Gasteiger partial charge on any atom is -0.393 e. The molecule has 0 bridgehead atoms. The molecule has 0 unspecified atom stereocenters. The van der Waals surface area contributed by atoms with Crippen molar-refractivity contribution in [2.24, 2.45) is 0 Å². The summed E-state index contributed by atoms with van der Waals surface area (Å²) >= 11 is 0. The number of rotatable bonds is 3. The first-order valence-corrected chi connectivity index (χ1v) is 8.62. The zero-order valence-corrected chi connectivity index (χ0v) is 14.4. The quantitative estimate of drug-likeness (QED) is 0.937. The maximum Gasteiger partial charge on any atom is 0.232 e. The second-order valence-electron chi connectivity index (χ2n) is 7.09. The number of aliphatic hydroxyl groups is 1. The minimum atomic E-state index is -0.558. The monoisotopic (exact) mass is 323 g/mol. The van der Waals surface area contributed by atoms with Crippen LogP contribution in [0.25, 0.3) is 11.1 Å². The summed E-state index contributed by atoms with van der Waals surface area (Å²) in [6.07, 6.45) is 1.09. The second-order valence-corrected chi connectivity index (χ2v) is 7.09.